The average molecular weight is 450 g/mol. The van der Waals surface area contributed by atoms with Crippen molar-refractivity contribution in [3.63, 3.8) is 0 Å². The second-order valence-corrected chi connectivity index (χ2v) is 9.65. The molecule has 0 spiro atoms. The Morgan fingerprint density at radius 3 is 1.29 bits per heavy atom. The number of hydrogen-bond acceptors (Lipinski definition) is 8. The highest BCUT2D eigenvalue weighted by Crippen LogP contribution is 2.19. The van der Waals surface area contributed by atoms with E-state index in [-0.39, 0.29) is 0 Å². The molecule has 0 aliphatic carbocycles. The Labute approximate surface area is 190 Å². The van der Waals surface area contributed by atoms with E-state index in [0.29, 0.717) is 18.5 Å². The highest BCUT2D eigenvalue weighted by atomic mass is 16.5. The summed E-state index contributed by atoms with van der Waals surface area (Å²) in [6.07, 6.45) is 3.58. The van der Waals surface area contributed by atoms with Crippen LogP contribution in [0, 0.1) is 0 Å². The molecule has 0 atom stereocenters. The number of rotatable bonds is 10. The molecule has 0 bridgehead atoms. The maximum absolute atomic E-state index is 9.30. The van der Waals surface area contributed by atoms with Gasteiger partial charge in [-0.1, -0.05) is 32.2 Å². The summed E-state index contributed by atoms with van der Waals surface area (Å²) in [5.74, 6) is 1.36. The molecular weight excluding hydrogens is 402 g/mol. The summed E-state index contributed by atoms with van der Waals surface area (Å²) in [5.41, 5.74) is -3.61. The Bertz CT molecular complexity index is 422. The van der Waals surface area contributed by atoms with Crippen molar-refractivity contribution in [2.24, 2.45) is 0 Å². The summed E-state index contributed by atoms with van der Waals surface area (Å²) >= 11 is 0. The molecule has 31 heavy (non-hydrogen) atoms. The lowest BCUT2D eigenvalue weighted by atomic mass is 9.70. The van der Waals surface area contributed by atoms with E-state index >= 15 is 0 Å². The van der Waals surface area contributed by atoms with Gasteiger partial charge in [0.25, 0.3) is 0 Å². The molecule has 0 amide bonds. The van der Waals surface area contributed by atoms with Crippen molar-refractivity contribution in [1.82, 2.24) is 0 Å². The van der Waals surface area contributed by atoms with Crippen LogP contribution in [0.25, 0.3) is 0 Å². The topological polar surface area (TPSA) is 151 Å². The molecule has 0 aromatic carbocycles. The molecule has 0 aliphatic rings. The van der Waals surface area contributed by atoms with E-state index in [9.17, 15) is 5.02 Å². The zero-order valence-electron chi connectivity index (χ0n) is 21.3. The van der Waals surface area contributed by atoms with Crippen LogP contribution in [0.1, 0.15) is 94.9 Å². The highest BCUT2D eigenvalue weighted by molar-refractivity contribution is 6.57. The van der Waals surface area contributed by atoms with E-state index in [2.05, 4.69) is 6.92 Å². The van der Waals surface area contributed by atoms with E-state index in [0.717, 1.165) is 19.3 Å². The number of hydrogen-bond donors (Lipinski definition) is 7. The molecule has 0 unspecified atom stereocenters. The van der Waals surface area contributed by atoms with Crippen LogP contribution < -0.4 is 0 Å². The van der Waals surface area contributed by atoms with Crippen molar-refractivity contribution in [3.8, 4) is 0 Å². The van der Waals surface area contributed by atoms with Crippen molar-refractivity contribution in [2.75, 3.05) is 6.61 Å². The zero-order chi connectivity index (χ0) is 25.7. The molecule has 0 saturated heterocycles. The largest absolute Gasteiger partial charge is 0.483 e. The van der Waals surface area contributed by atoms with Gasteiger partial charge in [0, 0.05) is 6.61 Å². The summed E-state index contributed by atoms with van der Waals surface area (Å²) in [6, 6.07) is 0. The predicted octanol–water partition coefficient (Wildman–Crippen LogP) is 1.62. The number of allylic oxidation sites excluding steroid dienone is 1. The van der Waals surface area contributed by atoms with Crippen LogP contribution in [-0.2, 0) is 4.65 Å². The van der Waals surface area contributed by atoms with Crippen LogP contribution in [0.3, 0.4) is 0 Å². The van der Waals surface area contributed by atoms with Crippen molar-refractivity contribution >= 4 is 14.2 Å². The first-order valence-electron chi connectivity index (χ1n) is 10.9. The predicted molar refractivity (Wildman–Crippen MR) is 127 cm³/mol. The van der Waals surface area contributed by atoms with Gasteiger partial charge < -0.3 is 40.2 Å². The van der Waals surface area contributed by atoms with Gasteiger partial charge in [-0.05, 0) is 74.2 Å². The molecule has 0 heterocycles. The van der Waals surface area contributed by atoms with Gasteiger partial charge in [-0.2, -0.15) is 0 Å². The highest BCUT2D eigenvalue weighted by Gasteiger charge is 2.32. The third-order valence-electron chi connectivity index (χ3n) is 5.09. The average Bonchev–Trinajstić information content (AvgIpc) is 2.51. The normalized spacial score (nSPS) is 13.0. The minimum Gasteiger partial charge on any atom is -0.423 e. The summed E-state index contributed by atoms with van der Waals surface area (Å²) < 4.78 is 4.89. The first kappa shape index (κ1) is 35.1. The Balaban J connectivity index is -0.000000415. The Kier molecular flexibility index (Phi) is 17.5. The molecule has 0 aromatic rings. The second-order valence-electron chi connectivity index (χ2n) is 9.65. The molecule has 0 rings (SSSR count). The van der Waals surface area contributed by atoms with Gasteiger partial charge in [-0.3, -0.25) is 0 Å². The Hall–Kier alpha value is -0.450. The van der Waals surface area contributed by atoms with E-state index in [4.69, 9.17) is 35.1 Å². The lowest BCUT2D eigenvalue weighted by Gasteiger charge is -2.31. The number of aliphatic hydroxyl groups is 4. The van der Waals surface area contributed by atoms with Crippen LogP contribution in [-0.4, -0.2) is 78.7 Å². The first-order chi connectivity index (χ1) is 13.6. The lowest BCUT2D eigenvalue weighted by molar-refractivity contribution is -0.107. The van der Waals surface area contributed by atoms with Gasteiger partial charge in [0.2, 0.25) is 0 Å². The van der Waals surface area contributed by atoms with Gasteiger partial charge >= 0.3 is 14.2 Å². The second kappa shape index (κ2) is 15.4. The summed E-state index contributed by atoms with van der Waals surface area (Å²) in [5, 5.41) is 63.8. The summed E-state index contributed by atoms with van der Waals surface area (Å²) in [7, 11) is -2.55. The summed E-state index contributed by atoms with van der Waals surface area (Å²) in [6.45, 7) is 16.8. The Morgan fingerprint density at radius 1 is 0.710 bits per heavy atom. The van der Waals surface area contributed by atoms with E-state index in [1.165, 1.54) is 5.98 Å². The minimum absolute atomic E-state index is 0.390. The number of unbranched alkanes of at least 4 members (excludes halogenated alkanes) is 2. The molecule has 0 fully saturated rings. The van der Waals surface area contributed by atoms with E-state index in [1.807, 2.05) is 0 Å². The molecule has 10 heteroatoms. The van der Waals surface area contributed by atoms with Crippen LogP contribution >= 0.6 is 0 Å². The lowest BCUT2D eigenvalue weighted by Crippen LogP contribution is -2.44. The SMILES string of the molecule is CC(C)(O)C(C)(C)O.CC(C)(O)C(C)(C)O.CCCCCC(=CB(O)OCC)B(O)O. The molecular formula is C21H48B2O8. The van der Waals surface area contributed by atoms with Crippen LogP contribution in [0.5, 0.6) is 0 Å². The summed E-state index contributed by atoms with van der Waals surface area (Å²) in [4.78, 5) is 0. The fourth-order valence-electron chi connectivity index (χ4n) is 1.28. The van der Waals surface area contributed by atoms with Crippen LogP contribution in [0.4, 0.5) is 0 Å². The molecule has 8 nitrogen and oxygen atoms in total. The fourth-order valence-corrected chi connectivity index (χ4v) is 1.28. The monoisotopic (exact) mass is 450 g/mol. The third kappa shape index (κ3) is 19.9. The molecule has 0 saturated carbocycles. The van der Waals surface area contributed by atoms with Crippen LogP contribution in [0.15, 0.2) is 11.4 Å². The standard InChI is InChI=1S/C9H20B2O4.2C6H14O2/c1-3-5-6-7-9(11(13)14)8-10(12)15-4-2;2*1-5(2,7)6(3,4)8/h8,12-14H,3-7H2,1-2H3;2*7-8H,1-4H3. The van der Waals surface area contributed by atoms with E-state index in [1.54, 1.807) is 62.3 Å². The molecule has 0 aromatic heterocycles. The van der Waals surface area contributed by atoms with E-state index < -0.39 is 36.6 Å². The molecule has 0 aliphatic heterocycles. The third-order valence-corrected chi connectivity index (χ3v) is 5.09. The van der Waals surface area contributed by atoms with Gasteiger partial charge in [0.15, 0.2) is 0 Å². The molecule has 7 N–H and O–H groups in total. The van der Waals surface area contributed by atoms with Crippen molar-refractivity contribution in [3.05, 3.63) is 11.4 Å². The molecule has 186 valence electrons. The zero-order valence-corrected chi connectivity index (χ0v) is 21.3. The first-order valence-corrected chi connectivity index (χ1v) is 10.9. The Morgan fingerprint density at radius 2 is 1.06 bits per heavy atom. The fraction of sp³-hybridized carbons (Fsp3) is 0.905. The maximum Gasteiger partial charge on any atom is 0.483 e. The van der Waals surface area contributed by atoms with Crippen molar-refractivity contribution < 1.29 is 40.2 Å². The van der Waals surface area contributed by atoms with Gasteiger partial charge in [-0.15, -0.1) is 0 Å². The smallest absolute Gasteiger partial charge is 0.423 e. The van der Waals surface area contributed by atoms with Gasteiger partial charge in [0.1, 0.15) is 0 Å². The van der Waals surface area contributed by atoms with Crippen molar-refractivity contribution in [2.45, 2.75) is 117 Å². The quantitative estimate of drug-likeness (QED) is 0.196. The minimum atomic E-state index is -1.50. The van der Waals surface area contributed by atoms with Crippen molar-refractivity contribution in [1.29, 1.82) is 0 Å². The van der Waals surface area contributed by atoms with Gasteiger partial charge in [-0.25, -0.2) is 0 Å². The van der Waals surface area contributed by atoms with Crippen LogP contribution in [0.2, 0.25) is 0 Å². The maximum atomic E-state index is 9.30. The molecule has 0 radical (unpaired) electrons. The van der Waals surface area contributed by atoms with Gasteiger partial charge in [0.05, 0.1) is 22.4 Å².